The highest BCUT2D eigenvalue weighted by molar-refractivity contribution is 5.97. The van der Waals surface area contributed by atoms with E-state index in [1.807, 2.05) is 20.8 Å². The number of hydrogen-bond acceptors (Lipinski definition) is 3. The molecule has 4 N–H and O–H groups in total. The smallest absolute Gasteiger partial charge is 0.255 e. The van der Waals surface area contributed by atoms with Crippen LogP contribution in [0.4, 0.5) is 4.39 Å². The van der Waals surface area contributed by atoms with Gasteiger partial charge in [0, 0.05) is 6.54 Å². The van der Waals surface area contributed by atoms with Gasteiger partial charge in [-0.25, -0.2) is 4.39 Å². The van der Waals surface area contributed by atoms with Gasteiger partial charge in [-0.15, -0.1) is 0 Å². The van der Waals surface area contributed by atoms with Crippen LogP contribution in [0.3, 0.4) is 0 Å². The van der Waals surface area contributed by atoms with E-state index >= 15 is 0 Å². The number of carbonyl (C=O) groups is 1. The van der Waals surface area contributed by atoms with E-state index in [9.17, 15) is 14.3 Å². The largest absolute Gasteiger partial charge is 0.507 e. The Hall–Kier alpha value is -1.62. The second kappa shape index (κ2) is 5.35. The van der Waals surface area contributed by atoms with Crippen LogP contribution in [0.2, 0.25) is 0 Å². The Labute approximate surface area is 106 Å². The molecule has 0 aliphatic carbocycles. The van der Waals surface area contributed by atoms with Gasteiger partial charge in [0.15, 0.2) is 0 Å². The maximum Gasteiger partial charge on any atom is 0.255 e. The van der Waals surface area contributed by atoms with Crippen molar-refractivity contribution >= 4 is 5.91 Å². The molecule has 0 radical (unpaired) electrons. The molecule has 1 amide bonds. The Morgan fingerprint density at radius 3 is 2.67 bits per heavy atom. The van der Waals surface area contributed by atoms with E-state index in [0.717, 1.165) is 18.2 Å². The maximum atomic E-state index is 13.1. The Balaban J connectivity index is 2.98. The zero-order chi connectivity index (χ0) is 13.9. The van der Waals surface area contributed by atoms with Crippen molar-refractivity contribution in [3.8, 4) is 5.75 Å². The fraction of sp³-hybridized carbons (Fsp3) is 0.462. The van der Waals surface area contributed by atoms with Gasteiger partial charge < -0.3 is 16.2 Å². The summed E-state index contributed by atoms with van der Waals surface area (Å²) in [4.78, 5) is 12.0. The minimum absolute atomic E-state index is 0.0877. The lowest BCUT2D eigenvalue weighted by Gasteiger charge is -2.33. The summed E-state index contributed by atoms with van der Waals surface area (Å²) in [6.45, 7) is 5.93. The van der Waals surface area contributed by atoms with Crippen molar-refractivity contribution in [2.24, 2.45) is 11.7 Å². The summed E-state index contributed by atoms with van der Waals surface area (Å²) in [5.41, 5.74) is 4.96. The summed E-state index contributed by atoms with van der Waals surface area (Å²) in [6.07, 6.45) is 0. The molecule has 0 heterocycles. The lowest BCUT2D eigenvalue weighted by atomic mass is 9.88. The van der Waals surface area contributed by atoms with E-state index in [1.165, 1.54) is 0 Å². The number of phenols is 1. The van der Waals surface area contributed by atoms with Gasteiger partial charge in [-0.2, -0.15) is 0 Å². The van der Waals surface area contributed by atoms with Crippen LogP contribution in [0.5, 0.6) is 5.75 Å². The van der Waals surface area contributed by atoms with E-state index in [-0.39, 0.29) is 23.8 Å². The monoisotopic (exact) mass is 254 g/mol. The number of amides is 1. The highest BCUT2D eigenvalue weighted by Gasteiger charge is 2.29. The molecule has 1 unspecified atom stereocenters. The Bertz CT molecular complexity index is 449. The molecule has 5 heteroatoms. The molecule has 0 bridgehead atoms. The SMILES string of the molecule is CC(C)C(C)(CN)NC(=O)c1cc(F)ccc1O. The van der Waals surface area contributed by atoms with Crippen molar-refractivity contribution in [2.45, 2.75) is 26.3 Å². The highest BCUT2D eigenvalue weighted by Crippen LogP contribution is 2.21. The van der Waals surface area contributed by atoms with Crippen LogP contribution in [0, 0.1) is 11.7 Å². The van der Waals surface area contributed by atoms with Crippen molar-refractivity contribution < 1.29 is 14.3 Å². The minimum Gasteiger partial charge on any atom is -0.507 e. The number of phenolic OH excluding ortho intramolecular Hbond substituents is 1. The van der Waals surface area contributed by atoms with Crippen molar-refractivity contribution in [2.75, 3.05) is 6.54 Å². The van der Waals surface area contributed by atoms with Crippen molar-refractivity contribution in [1.29, 1.82) is 0 Å². The molecule has 1 rings (SSSR count). The first-order valence-corrected chi connectivity index (χ1v) is 5.81. The van der Waals surface area contributed by atoms with Gasteiger partial charge in [0.05, 0.1) is 11.1 Å². The normalized spacial score (nSPS) is 14.3. The number of nitrogens with two attached hydrogens (primary N) is 1. The van der Waals surface area contributed by atoms with Crippen molar-refractivity contribution in [1.82, 2.24) is 5.32 Å². The summed E-state index contributed by atoms with van der Waals surface area (Å²) in [6, 6.07) is 3.25. The number of rotatable bonds is 4. The van der Waals surface area contributed by atoms with Gasteiger partial charge in [-0.05, 0) is 31.0 Å². The molecule has 1 aromatic carbocycles. The summed E-state index contributed by atoms with van der Waals surface area (Å²) >= 11 is 0. The molecule has 1 atom stereocenters. The molecule has 1 aromatic rings. The molecule has 0 spiro atoms. The van der Waals surface area contributed by atoms with Crippen LogP contribution in [-0.2, 0) is 0 Å². The number of hydrogen-bond donors (Lipinski definition) is 3. The maximum absolute atomic E-state index is 13.1. The van der Waals surface area contributed by atoms with Gasteiger partial charge in [-0.1, -0.05) is 13.8 Å². The number of halogens is 1. The number of carbonyl (C=O) groups excluding carboxylic acids is 1. The van der Waals surface area contributed by atoms with Crippen LogP contribution in [0.15, 0.2) is 18.2 Å². The van der Waals surface area contributed by atoms with Crippen LogP contribution in [0.25, 0.3) is 0 Å². The molecule has 0 fully saturated rings. The zero-order valence-electron chi connectivity index (χ0n) is 10.8. The van der Waals surface area contributed by atoms with E-state index < -0.39 is 17.3 Å². The number of benzene rings is 1. The lowest BCUT2D eigenvalue weighted by Crippen LogP contribution is -2.55. The molecular formula is C13H19FN2O2. The Kier molecular flexibility index (Phi) is 4.29. The quantitative estimate of drug-likeness (QED) is 0.764. The molecule has 4 nitrogen and oxygen atoms in total. The Morgan fingerprint density at radius 1 is 1.56 bits per heavy atom. The molecule has 100 valence electrons. The average Bonchev–Trinajstić information content (AvgIpc) is 2.31. The number of nitrogens with one attached hydrogen (secondary N) is 1. The van der Waals surface area contributed by atoms with Gasteiger partial charge in [-0.3, -0.25) is 4.79 Å². The standard InChI is InChI=1S/C13H19FN2O2/c1-8(2)13(3,7-15)16-12(18)10-6-9(14)4-5-11(10)17/h4-6,8,17H,7,15H2,1-3H3,(H,16,18). The summed E-state index contributed by atoms with van der Waals surface area (Å²) < 4.78 is 13.1. The third kappa shape index (κ3) is 2.98. The Morgan fingerprint density at radius 2 is 2.17 bits per heavy atom. The first kappa shape index (κ1) is 14.4. The highest BCUT2D eigenvalue weighted by atomic mass is 19.1. The molecular weight excluding hydrogens is 235 g/mol. The van der Waals surface area contributed by atoms with Gasteiger partial charge >= 0.3 is 0 Å². The number of aromatic hydroxyl groups is 1. The van der Waals surface area contributed by atoms with Crippen molar-refractivity contribution in [3.63, 3.8) is 0 Å². The van der Waals surface area contributed by atoms with Crippen LogP contribution in [0.1, 0.15) is 31.1 Å². The van der Waals surface area contributed by atoms with Crippen LogP contribution in [-0.4, -0.2) is 23.1 Å². The van der Waals surface area contributed by atoms with E-state index in [4.69, 9.17) is 5.73 Å². The topological polar surface area (TPSA) is 75.3 Å². The van der Waals surface area contributed by atoms with Crippen LogP contribution < -0.4 is 11.1 Å². The minimum atomic E-state index is -0.601. The molecule has 0 aliphatic rings. The zero-order valence-corrected chi connectivity index (χ0v) is 10.8. The second-order valence-electron chi connectivity index (χ2n) is 4.89. The fourth-order valence-electron chi connectivity index (χ4n) is 1.45. The fourth-order valence-corrected chi connectivity index (χ4v) is 1.45. The lowest BCUT2D eigenvalue weighted by molar-refractivity contribution is 0.0880. The first-order chi connectivity index (χ1) is 8.30. The third-order valence-corrected chi connectivity index (χ3v) is 3.30. The van der Waals surface area contributed by atoms with Gasteiger partial charge in [0.2, 0.25) is 0 Å². The van der Waals surface area contributed by atoms with E-state index in [0.29, 0.717) is 0 Å². The third-order valence-electron chi connectivity index (χ3n) is 3.30. The molecule has 0 saturated carbocycles. The van der Waals surface area contributed by atoms with Crippen LogP contribution >= 0.6 is 0 Å². The molecule has 0 saturated heterocycles. The second-order valence-corrected chi connectivity index (χ2v) is 4.89. The predicted octanol–water partition coefficient (Wildman–Crippen LogP) is 1.63. The molecule has 0 aliphatic heterocycles. The van der Waals surface area contributed by atoms with Crippen molar-refractivity contribution in [3.05, 3.63) is 29.6 Å². The summed E-state index contributed by atoms with van der Waals surface area (Å²) in [5, 5.41) is 12.3. The first-order valence-electron chi connectivity index (χ1n) is 5.81. The summed E-state index contributed by atoms with van der Waals surface area (Å²) in [7, 11) is 0. The van der Waals surface area contributed by atoms with Gasteiger partial charge in [0.25, 0.3) is 5.91 Å². The van der Waals surface area contributed by atoms with E-state index in [2.05, 4.69) is 5.32 Å². The van der Waals surface area contributed by atoms with Gasteiger partial charge in [0.1, 0.15) is 11.6 Å². The molecule has 18 heavy (non-hydrogen) atoms. The predicted molar refractivity (Wildman–Crippen MR) is 67.8 cm³/mol. The summed E-state index contributed by atoms with van der Waals surface area (Å²) in [5.74, 6) is -1.25. The average molecular weight is 254 g/mol. The molecule has 0 aromatic heterocycles. The van der Waals surface area contributed by atoms with E-state index in [1.54, 1.807) is 0 Å².